The van der Waals surface area contributed by atoms with Crippen LogP contribution in [0.5, 0.6) is 0 Å². The van der Waals surface area contributed by atoms with Gasteiger partial charge in [0.1, 0.15) is 0 Å². The number of likely N-dealkylation sites (N-methyl/N-ethyl adjacent to an activating group) is 1. The maximum Gasteiger partial charge on any atom is 0.321 e. The Kier molecular flexibility index (Phi) is 4.40. The Hall–Kier alpha value is -1.25. The number of nitrogens with one attached hydrogen (secondary N) is 1. The van der Waals surface area contributed by atoms with Crippen LogP contribution in [0.25, 0.3) is 0 Å². The van der Waals surface area contributed by atoms with Crippen molar-refractivity contribution in [1.29, 1.82) is 0 Å². The standard InChI is InChI=1S/C10H14N2O.C2H6/c1-12-7-8-5-3-2-4-6-9(8)11-10(12)13;1-2/h3,5H,2,4,6-7H2,1H3,(H,11,13);1-2H3. The molecule has 0 saturated carbocycles. The van der Waals surface area contributed by atoms with Crippen LogP contribution in [0.1, 0.15) is 33.1 Å². The molecule has 0 atom stereocenters. The largest absolute Gasteiger partial charge is 0.323 e. The molecule has 2 aliphatic rings. The van der Waals surface area contributed by atoms with Crippen molar-refractivity contribution in [3.05, 3.63) is 23.4 Å². The maximum atomic E-state index is 11.3. The fourth-order valence-corrected chi connectivity index (χ4v) is 1.73. The lowest BCUT2D eigenvalue weighted by atomic mass is 10.1. The zero-order chi connectivity index (χ0) is 11.3. The lowest BCUT2D eigenvalue weighted by Gasteiger charge is -2.26. The molecule has 0 unspecified atom stereocenters. The highest BCUT2D eigenvalue weighted by Gasteiger charge is 2.20. The zero-order valence-corrected chi connectivity index (χ0v) is 9.84. The minimum absolute atomic E-state index is 0.0223. The molecule has 0 aromatic rings. The Morgan fingerprint density at radius 1 is 1.40 bits per heavy atom. The van der Waals surface area contributed by atoms with Crippen LogP contribution in [0.4, 0.5) is 4.79 Å². The summed E-state index contributed by atoms with van der Waals surface area (Å²) in [6.07, 6.45) is 7.58. The van der Waals surface area contributed by atoms with E-state index in [0.29, 0.717) is 0 Å². The van der Waals surface area contributed by atoms with Crippen LogP contribution in [0.3, 0.4) is 0 Å². The van der Waals surface area contributed by atoms with Gasteiger partial charge >= 0.3 is 6.03 Å². The molecule has 3 nitrogen and oxygen atoms in total. The van der Waals surface area contributed by atoms with Crippen molar-refractivity contribution in [2.45, 2.75) is 33.1 Å². The molecule has 15 heavy (non-hydrogen) atoms. The first-order valence-corrected chi connectivity index (χ1v) is 5.68. The van der Waals surface area contributed by atoms with E-state index in [0.717, 1.165) is 31.5 Å². The van der Waals surface area contributed by atoms with Crippen LogP contribution < -0.4 is 5.32 Å². The monoisotopic (exact) mass is 208 g/mol. The summed E-state index contributed by atoms with van der Waals surface area (Å²) < 4.78 is 0. The summed E-state index contributed by atoms with van der Waals surface area (Å²) in [5.74, 6) is 0. The second-order valence-corrected chi connectivity index (χ2v) is 3.58. The van der Waals surface area contributed by atoms with Gasteiger partial charge in [-0.25, -0.2) is 4.79 Å². The molecular formula is C12H20N2O. The second-order valence-electron chi connectivity index (χ2n) is 3.58. The Bertz CT molecular complexity index is 292. The molecule has 2 rings (SSSR count). The number of nitrogens with zero attached hydrogens (tertiary/aromatic N) is 1. The van der Waals surface area contributed by atoms with E-state index >= 15 is 0 Å². The van der Waals surface area contributed by atoms with Gasteiger partial charge in [-0.2, -0.15) is 0 Å². The molecule has 1 heterocycles. The minimum atomic E-state index is 0.0223. The van der Waals surface area contributed by atoms with Gasteiger partial charge in [0, 0.05) is 19.3 Å². The first-order chi connectivity index (χ1) is 7.27. The molecule has 1 aliphatic heterocycles. The van der Waals surface area contributed by atoms with E-state index in [1.54, 1.807) is 4.90 Å². The number of hydrogen-bond donors (Lipinski definition) is 1. The van der Waals surface area contributed by atoms with Gasteiger partial charge in [0.15, 0.2) is 0 Å². The number of amides is 2. The smallest absolute Gasteiger partial charge is 0.321 e. The van der Waals surface area contributed by atoms with Gasteiger partial charge in [-0.05, 0) is 24.8 Å². The molecule has 0 spiro atoms. The van der Waals surface area contributed by atoms with E-state index in [1.807, 2.05) is 20.9 Å². The predicted octanol–water partition coefficient (Wildman–Crippen LogP) is 2.66. The number of carbonyl (C=O) groups is 1. The third-order valence-corrected chi connectivity index (χ3v) is 2.52. The topological polar surface area (TPSA) is 32.3 Å². The average Bonchev–Trinajstić information content (AvgIpc) is 2.47. The highest BCUT2D eigenvalue weighted by molar-refractivity contribution is 5.78. The molecule has 0 aromatic carbocycles. The number of allylic oxidation sites excluding steroid dienone is 2. The van der Waals surface area contributed by atoms with Gasteiger partial charge in [0.2, 0.25) is 0 Å². The lowest BCUT2D eigenvalue weighted by Crippen LogP contribution is -2.42. The van der Waals surface area contributed by atoms with Crippen molar-refractivity contribution in [2.24, 2.45) is 0 Å². The van der Waals surface area contributed by atoms with Gasteiger partial charge < -0.3 is 10.2 Å². The molecule has 0 saturated heterocycles. The van der Waals surface area contributed by atoms with E-state index in [9.17, 15) is 4.79 Å². The van der Waals surface area contributed by atoms with Crippen molar-refractivity contribution in [2.75, 3.05) is 13.6 Å². The van der Waals surface area contributed by atoms with Gasteiger partial charge in [-0.3, -0.25) is 0 Å². The fraction of sp³-hybridized carbons (Fsp3) is 0.583. The quantitative estimate of drug-likeness (QED) is 0.652. The van der Waals surface area contributed by atoms with Crippen LogP contribution in [-0.2, 0) is 0 Å². The predicted molar refractivity (Wildman–Crippen MR) is 62.5 cm³/mol. The summed E-state index contributed by atoms with van der Waals surface area (Å²) in [6.45, 7) is 4.75. The molecule has 3 heteroatoms. The maximum absolute atomic E-state index is 11.3. The summed E-state index contributed by atoms with van der Waals surface area (Å²) in [5.41, 5.74) is 2.39. The fourth-order valence-electron chi connectivity index (χ4n) is 1.73. The molecule has 1 N–H and O–H groups in total. The third-order valence-electron chi connectivity index (χ3n) is 2.52. The Balaban J connectivity index is 0.000000531. The van der Waals surface area contributed by atoms with E-state index in [4.69, 9.17) is 0 Å². The molecule has 0 fully saturated rings. The van der Waals surface area contributed by atoms with E-state index in [1.165, 1.54) is 5.57 Å². The summed E-state index contributed by atoms with van der Waals surface area (Å²) in [5, 5.41) is 2.92. The Morgan fingerprint density at radius 2 is 2.13 bits per heavy atom. The van der Waals surface area contributed by atoms with Gasteiger partial charge in [0.25, 0.3) is 0 Å². The molecule has 84 valence electrons. The zero-order valence-electron chi connectivity index (χ0n) is 9.84. The SMILES string of the molecule is CC.CN1CC2=C(CCCC=C2)NC1=O. The normalized spacial score (nSPS) is 19.9. The van der Waals surface area contributed by atoms with E-state index in [-0.39, 0.29) is 6.03 Å². The Morgan fingerprint density at radius 3 is 2.87 bits per heavy atom. The molecular weight excluding hydrogens is 188 g/mol. The third kappa shape index (κ3) is 2.85. The molecule has 2 amide bonds. The van der Waals surface area contributed by atoms with Gasteiger partial charge in [0.05, 0.1) is 0 Å². The molecule has 0 radical (unpaired) electrons. The van der Waals surface area contributed by atoms with Gasteiger partial charge in [-0.1, -0.05) is 26.0 Å². The number of rotatable bonds is 0. The van der Waals surface area contributed by atoms with Crippen LogP contribution >= 0.6 is 0 Å². The Labute approximate surface area is 91.8 Å². The van der Waals surface area contributed by atoms with E-state index < -0.39 is 0 Å². The lowest BCUT2D eigenvalue weighted by molar-refractivity contribution is 0.211. The number of urea groups is 1. The highest BCUT2D eigenvalue weighted by atomic mass is 16.2. The first kappa shape index (κ1) is 11.8. The summed E-state index contributed by atoms with van der Waals surface area (Å²) >= 11 is 0. The van der Waals surface area contributed by atoms with Crippen LogP contribution in [-0.4, -0.2) is 24.5 Å². The number of carbonyl (C=O) groups excluding carboxylic acids is 1. The first-order valence-electron chi connectivity index (χ1n) is 5.68. The highest BCUT2D eigenvalue weighted by Crippen LogP contribution is 2.20. The van der Waals surface area contributed by atoms with Crippen molar-refractivity contribution >= 4 is 6.03 Å². The average molecular weight is 208 g/mol. The van der Waals surface area contributed by atoms with Crippen molar-refractivity contribution in [3.8, 4) is 0 Å². The summed E-state index contributed by atoms with van der Waals surface area (Å²) in [7, 11) is 1.82. The van der Waals surface area contributed by atoms with E-state index in [2.05, 4.69) is 17.5 Å². The van der Waals surface area contributed by atoms with Crippen LogP contribution in [0.2, 0.25) is 0 Å². The molecule has 0 bridgehead atoms. The van der Waals surface area contributed by atoms with Crippen LogP contribution in [0.15, 0.2) is 23.4 Å². The second kappa shape index (κ2) is 5.59. The van der Waals surface area contributed by atoms with Crippen molar-refractivity contribution in [1.82, 2.24) is 10.2 Å². The van der Waals surface area contributed by atoms with Crippen molar-refractivity contribution in [3.63, 3.8) is 0 Å². The van der Waals surface area contributed by atoms with Crippen LogP contribution in [0, 0.1) is 0 Å². The minimum Gasteiger partial charge on any atom is -0.323 e. The summed E-state index contributed by atoms with van der Waals surface area (Å²) in [4.78, 5) is 13.0. The molecule has 1 aliphatic carbocycles. The number of hydrogen-bond acceptors (Lipinski definition) is 1. The van der Waals surface area contributed by atoms with Gasteiger partial charge in [-0.15, -0.1) is 0 Å². The van der Waals surface area contributed by atoms with Crippen molar-refractivity contribution < 1.29 is 4.79 Å². The summed E-state index contributed by atoms with van der Waals surface area (Å²) in [6, 6.07) is 0.0223. The molecule has 0 aromatic heterocycles.